The number of phenols is 1. The summed E-state index contributed by atoms with van der Waals surface area (Å²) in [7, 11) is 0. The topological polar surface area (TPSA) is 58.6 Å². The van der Waals surface area contributed by atoms with Gasteiger partial charge < -0.3 is 9.52 Å². The van der Waals surface area contributed by atoms with Gasteiger partial charge in [-0.25, -0.2) is 4.98 Å². The molecule has 1 N–H and O–H groups in total. The van der Waals surface area contributed by atoms with E-state index in [-0.39, 0.29) is 5.75 Å². The van der Waals surface area contributed by atoms with E-state index in [1.807, 2.05) is 24.3 Å². The van der Waals surface area contributed by atoms with Crippen molar-refractivity contribution in [1.29, 1.82) is 0 Å². The first kappa shape index (κ1) is 17.5. The van der Waals surface area contributed by atoms with Gasteiger partial charge in [0.05, 0.1) is 5.69 Å². The minimum absolute atomic E-state index is 0.182. The van der Waals surface area contributed by atoms with Crippen molar-refractivity contribution < 1.29 is 9.52 Å². The van der Waals surface area contributed by atoms with Crippen LogP contribution in [0.3, 0.4) is 0 Å². The molecule has 0 bridgehead atoms. The van der Waals surface area contributed by atoms with Gasteiger partial charge in [-0.15, -0.1) is 0 Å². The van der Waals surface area contributed by atoms with Crippen molar-refractivity contribution in [3.63, 3.8) is 0 Å². The van der Waals surface area contributed by atoms with Crippen LogP contribution < -0.4 is 0 Å². The van der Waals surface area contributed by atoms with E-state index in [9.17, 15) is 5.11 Å². The molecule has 0 radical (unpaired) electrons. The third-order valence-corrected chi connectivity index (χ3v) is 4.68. The number of benzene rings is 3. The number of fused-ring (bicyclic) bond motifs is 1. The van der Waals surface area contributed by atoms with E-state index in [1.165, 1.54) is 11.1 Å². The first-order valence-corrected chi connectivity index (χ1v) is 9.29. The van der Waals surface area contributed by atoms with Crippen molar-refractivity contribution in [3.8, 4) is 17.2 Å². The molecule has 0 saturated heterocycles. The molecule has 1 aromatic heterocycles. The third kappa shape index (κ3) is 3.78. The Morgan fingerprint density at radius 3 is 2.56 bits per heavy atom. The maximum absolute atomic E-state index is 9.92. The fourth-order valence-corrected chi connectivity index (χ4v) is 3.37. The summed E-state index contributed by atoms with van der Waals surface area (Å²) in [4.78, 5) is 9.07. The summed E-state index contributed by atoms with van der Waals surface area (Å²) in [5, 5.41) is 9.92. The predicted molar refractivity (Wildman–Crippen MR) is 112 cm³/mol. The van der Waals surface area contributed by atoms with E-state index >= 15 is 0 Å². The number of hydrogen-bond donors (Lipinski definition) is 1. The Bertz CT molecular complexity index is 1160. The van der Waals surface area contributed by atoms with Crippen molar-refractivity contribution in [2.75, 3.05) is 0 Å². The van der Waals surface area contributed by atoms with Gasteiger partial charge in [0.15, 0.2) is 5.58 Å². The van der Waals surface area contributed by atoms with Gasteiger partial charge in [0.2, 0.25) is 5.89 Å². The maximum Gasteiger partial charge on any atom is 0.227 e. The van der Waals surface area contributed by atoms with E-state index in [0.29, 0.717) is 17.0 Å². The van der Waals surface area contributed by atoms with Gasteiger partial charge in [-0.1, -0.05) is 33.1 Å². The van der Waals surface area contributed by atoms with Crippen LogP contribution in [-0.2, 0) is 0 Å². The zero-order valence-electron chi connectivity index (χ0n) is 14.9. The van der Waals surface area contributed by atoms with Gasteiger partial charge in [0.25, 0.3) is 0 Å². The van der Waals surface area contributed by atoms with E-state index in [1.54, 1.807) is 18.3 Å². The molecule has 0 amide bonds. The highest BCUT2D eigenvalue weighted by Crippen LogP contribution is 2.28. The minimum Gasteiger partial charge on any atom is -0.507 e. The highest BCUT2D eigenvalue weighted by molar-refractivity contribution is 9.10. The summed E-state index contributed by atoms with van der Waals surface area (Å²) in [6.07, 6.45) is 1.63. The fourth-order valence-electron chi connectivity index (χ4n) is 2.99. The Labute approximate surface area is 165 Å². The van der Waals surface area contributed by atoms with Gasteiger partial charge in [-0.05, 0) is 62.4 Å². The summed E-state index contributed by atoms with van der Waals surface area (Å²) in [5.41, 5.74) is 6.15. The average molecular weight is 421 g/mol. The van der Waals surface area contributed by atoms with Gasteiger partial charge >= 0.3 is 0 Å². The molecule has 5 heteroatoms. The quantitative estimate of drug-likeness (QED) is 0.393. The van der Waals surface area contributed by atoms with Crippen molar-refractivity contribution in [2.45, 2.75) is 13.8 Å². The van der Waals surface area contributed by atoms with Crippen LogP contribution in [0.2, 0.25) is 0 Å². The molecule has 4 rings (SSSR count). The molecule has 0 saturated carbocycles. The average Bonchev–Trinajstić information content (AvgIpc) is 3.05. The van der Waals surface area contributed by atoms with Crippen LogP contribution in [0.5, 0.6) is 5.75 Å². The maximum atomic E-state index is 9.92. The summed E-state index contributed by atoms with van der Waals surface area (Å²) < 4.78 is 6.79. The lowest BCUT2D eigenvalue weighted by atomic mass is 10.1. The van der Waals surface area contributed by atoms with Gasteiger partial charge in [0, 0.05) is 21.8 Å². The smallest absolute Gasteiger partial charge is 0.227 e. The Balaban J connectivity index is 1.68. The number of aromatic nitrogens is 1. The molecule has 134 valence electrons. The van der Waals surface area contributed by atoms with Crippen LogP contribution in [0.1, 0.15) is 16.7 Å². The molecule has 27 heavy (non-hydrogen) atoms. The Morgan fingerprint density at radius 2 is 1.78 bits per heavy atom. The molecule has 0 aliphatic rings. The Kier molecular flexibility index (Phi) is 4.54. The van der Waals surface area contributed by atoms with E-state index < -0.39 is 0 Å². The summed E-state index contributed by atoms with van der Waals surface area (Å²) in [6, 6.07) is 17.1. The molecule has 1 heterocycles. The molecule has 4 aromatic rings. The molecule has 0 aliphatic carbocycles. The second kappa shape index (κ2) is 7.00. The predicted octanol–water partition coefficient (Wildman–Crippen LogP) is 6.33. The third-order valence-electron chi connectivity index (χ3n) is 4.18. The van der Waals surface area contributed by atoms with Crippen LogP contribution in [0.25, 0.3) is 22.6 Å². The van der Waals surface area contributed by atoms with Crippen molar-refractivity contribution in [3.05, 3.63) is 75.8 Å². The Morgan fingerprint density at radius 1 is 1.00 bits per heavy atom. The van der Waals surface area contributed by atoms with Crippen LogP contribution in [0.4, 0.5) is 5.69 Å². The van der Waals surface area contributed by atoms with Gasteiger partial charge in [-0.3, -0.25) is 4.99 Å². The summed E-state index contributed by atoms with van der Waals surface area (Å²) in [5.74, 6) is 0.782. The highest BCUT2D eigenvalue weighted by Gasteiger charge is 2.10. The van der Waals surface area contributed by atoms with Gasteiger partial charge in [0.1, 0.15) is 11.3 Å². The minimum atomic E-state index is 0.182. The SMILES string of the molecule is Cc1cc(C)cc(-c2nc3cc(N=Cc4cc(Br)ccc4O)ccc3o2)c1. The molecule has 0 fully saturated rings. The molecule has 0 spiro atoms. The number of phenolic OH excluding ortho intramolecular Hbond substituents is 1. The lowest BCUT2D eigenvalue weighted by Gasteiger charge is -2.00. The molecule has 4 nitrogen and oxygen atoms in total. The molecule has 0 atom stereocenters. The van der Waals surface area contributed by atoms with Crippen LogP contribution in [0, 0.1) is 13.8 Å². The fraction of sp³-hybridized carbons (Fsp3) is 0.0909. The number of oxazole rings is 1. The second-order valence-corrected chi connectivity index (χ2v) is 7.42. The molecule has 0 unspecified atom stereocenters. The van der Waals surface area contributed by atoms with E-state index in [2.05, 4.69) is 58.0 Å². The number of aryl methyl sites for hydroxylation is 2. The van der Waals surface area contributed by atoms with E-state index in [4.69, 9.17) is 4.42 Å². The second-order valence-electron chi connectivity index (χ2n) is 6.51. The first-order valence-electron chi connectivity index (χ1n) is 8.50. The van der Waals surface area contributed by atoms with Crippen LogP contribution >= 0.6 is 15.9 Å². The number of halogens is 1. The molecule has 3 aromatic carbocycles. The lowest BCUT2D eigenvalue weighted by Crippen LogP contribution is -1.82. The number of rotatable bonds is 3. The largest absolute Gasteiger partial charge is 0.507 e. The zero-order valence-corrected chi connectivity index (χ0v) is 16.5. The number of hydrogen-bond acceptors (Lipinski definition) is 4. The zero-order chi connectivity index (χ0) is 19.0. The Hall–Kier alpha value is -2.92. The summed E-state index contributed by atoms with van der Waals surface area (Å²) in [6.45, 7) is 4.12. The highest BCUT2D eigenvalue weighted by atomic mass is 79.9. The normalized spacial score (nSPS) is 11.5. The van der Waals surface area contributed by atoms with Crippen molar-refractivity contribution >= 4 is 38.9 Å². The van der Waals surface area contributed by atoms with Gasteiger partial charge in [-0.2, -0.15) is 0 Å². The number of aliphatic imine (C=N–C) groups is 1. The standard InChI is InChI=1S/C22H17BrN2O2/c1-13-7-14(2)9-15(8-13)22-25-19-11-18(4-6-21(19)27-22)24-12-16-10-17(23)3-5-20(16)26/h3-12,26H,1-2H3. The summed E-state index contributed by atoms with van der Waals surface area (Å²) >= 11 is 3.39. The van der Waals surface area contributed by atoms with Crippen molar-refractivity contribution in [1.82, 2.24) is 4.98 Å². The lowest BCUT2D eigenvalue weighted by molar-refractivity contribution is 0.474. The first-order chi connectivity index (χ1) is 13.0. The number of aromatic hydroxyl groups is 1. The van der Waals surface area contributed by atoms with Crippen LogP contribution in [-0.4, -0.2) is 16.3 Å². The molecule has 0 aliphatic heterocycles. The molecular weight excluding hydrogens is 404 g/mol. The molecular formula is C22H17BrN2O2. The monoisotopic (exact) mass is 420 g/mol. The number of nitrogens with zero attached hydrogens (tertiary/aromatic N) is 2. The van der Waals surface area contributed by atoms with Crippen molar-refractivity contribution in [2.24, 2.45) is 4.99 Å². The van der Waals surface area contributed by atoms with Crippen LogP contribution in [0.15, 0.2) is 68.5 Å². The van der Waals surface area contributed by atoms with E-state index in [0.717, 1.165) is 21.2 Å².